The molecule has 1 heterocycles. The summed E-state index contributed by atoms with van der Waals surface area (Å²) < 4.78 is 38.9. The normalized spacial score (nSPS) is 15.1. The molecule has 0 amide bonds. The van der Waals surface area contributed by atoms with Gasteiger partial charge >= 0.3 is 5.97 Å². The highest BCUT2D eigenvalue weighted by atomic mass is 32.2. The second kappa shape index (κ2) is 7.84. The van der Waals surface area contributed by atoms with Crippen LogP contribution < -0.4 is 9.04 Å². The van der Waals surface area contributed by atoms with E-state index in [1.807, 2.05) is 36.4 Å². The molecule has 0 spiro atoms. The molecule has 6 nitrogen and oxygen atoms in total. The molecule has 1 aliphatic heterocycles. The van der Waals surface area contributed by atoms with E-state index in [9.17, 15) is 13.2 Å². The second-order valence-electron chi connectivity index (χ2n) is 6.88. The van der Waals surface area contributed by atoms with E-state index in [0.717, 1.165) is 16.7 Å². The van der Waals surface area contributed by atoms with Crippen LogP contribution in [-0.4, -0.2) is 28.6 Å². The maximum atomic E-state index is 13.8. The number of esters is 1. The molecule has 30 heavy (non-hydrogen) atoms. The minimum Gasteiger partial charge on any atom is -0.497 e. The summed E-state index contributed by atoms with van der Waals surface area (Å²) in [6.45, 7) is 0. The Morgan fingerprint density at radius 2 is 1.53 bits per heavy atom. The smallest absolute Gasteiger partial charge is 0.307 e. The van der Waals surface area contributed by atoms with Gasteiger partial charge in [-0.3, -0.25) is 9.10 Å². The lowest BCUT2D eigenvalue weighted by Gasteiger charge is -2.38. The van der Waals surface area contributed by atoms with Crippen molar-refractivity contribution in [3.8, 4) is 16.9 Å². The number of methoxy groups -OCH3 is 2. The molecule has 7 heteroatoms. The summed E-state index contributed by atoms with van der Waals surface area (Å²) in [5.74, 6) is 0.0774. The van der Waals surface area contributed by atoms with Gasteiger partial charge in [0.15, 0.2) is 0 Å². The van der Waals surface area contributed by atoms with Gasteiger partial charge in [-0.2, -0.15) is 0 Å². The second-order valence-corrected chi connectivity index (χ2v) is 8.69. The van der Waals surface area contributed by atoms with Crippen LogP contribution in [0.5, 0.6) is 5.75 Å². The molecule has 4 rings (SSSR count). The number of ether oxygens (including phenoxy) is 2. The van der Waals surface area contributed by atoms with E-state index >= 15 is 0 Å². The Balaban J connectivity index is 1.93. The van der Waals surface area contributed by atoms with Crippen molar-refractivity contribution in [3.05, 3.63) is 78.4 Å². The van der Waals surface area contributed by atoms with Gasteiger partial charge in [-0.05, 0) is 41.5 Å². The van der Waals surface area contributed by atoms with Crippen molar-refractivity contribution in [1.29, 1.82) is 0 Å². The number of carbonyl (C=O) groups is 1. The van der Waals surface area contributed by atoms with Crippen molar-refractivity contribution in [3.63, 3.8) is 0 Å². The van der Waals surface area contributed by atoms with Gasteiger partial charge in [0.1, 0.15) is 5.75 Å². The third-order valence-corrected chi connectivity index (χ3v) is 7.08. The number of nitrogens with zero attached hydrogens (tertiary/aromatic N) is 1. The number of fused-ring (bicyclic) bond motifs is 3. The molecule has 1 unspecified atom stereocenters. The number of hydrogen-bond donors (Lipinski definition) is 0. The molecule has 0 N–H and O–H groups in total. The van der Waals surface area contributed by atoms with E-state index in [1.165, 1.54) is 30.7 Å². The van der Waals surface area contributed by atoms with E-state index in [0.29, 0.717) is 11.4 Å². The van der Waals surface area contributed by atoms with Gasteiger partial charge in [0, 0.05) is 5.56 Å². The lowest BCUT2D eigenvalue weighted by molar-refractivity contribution is -0.141. The number of carbonyl (C=O) groups excluding carboxylic acids is 1. The monoisotopic (exact) mass is 423 g/mol. The zero-order valence-electron chi connectivity index (χ0n) is 16.6. The zero-order chi connectivity index (χ0) is 21.3. The van der Waals surface area contributed by atoms with Gasteiger partial charge in [-0.1, -0.05) is 42.5 Å². The molecule has 1 aliphatic rings. The Morgan fingerprint density at radius 3 is 2.20 bits per heavy atom. The molecule has 0 aromatic heterocycles. The summed E-state index contributed by atoms with van der Waals surface area (Å²) in [7, 11) is -1.16. The SMILES string of the molecule is COC(=O)CC1c2ccccc2-c2ccccc2N1S(=O)(=O)c1ccc(OC)cc1. The van der Waals surface area contributed by atoms with E-state index in [2.05, 4.69) is 0 Å². The highest BCUT2D eigenvalue weighted by Gasteiger charge is 2.40. The molecule has 0 aliphatic carbocycles. The topological polar surface area (TPSA) is 72.9 Å². The summed E-state index contributed by atoms with van der Waals surface area (Å²) in [4.78, 5) is 12.4. The Bertz CT molecular complexity index is 1190. The van der Waals surface area contributed by atoms with Crippen LogP contribution >= 0.6 is 0 Å². The van der Waals surface area contributed by atoms with Crippen LogP contribution in [0.25, 0.3) is 11.1 Å². The largest absolute Gasteiger partial charge is 0.497 e. The van der Waals surface area contributed by atoms with Crippen molar-refractivity contribution in [1.82, 2.24) is 0 Å². The van der Waals surface area contributed by atoms with Crippen LogP contribution in [0.2, 0.25) is 0 Å². The molecule has 0 bridgehead atoms. The fraction of sp³-hybridized carbons (Fsp3) is 0.174. The number of anilines is 1. The van der Waals surface area contributed by atoms with Gasteiger partial charge in [0.05, 0.1) is 37.3 Å². The van der Waals surface area contributed by atoms with Crippen molar-refractivity contribution >= 4 is 21.7 Å². The molecule has 154 valence electrons. The molecular weight excluding hydrogens is 402 g/mol. The molecule has 0 fully saturated rings. The van der Waals surface area contributed by atoms with Crippen LogP contribution in [-0.2, 0) is 19.6 Å². The fourth-order valence-electron chi connectivity index (χ4n) is 3.81. The highest BCUT2D eigenvalue weighted by Crippen LogP contribution is 2.48. The maximum absolute atomic E-state index is 13.8. The Labute approximate surface area is 175 Å². The predicted molar refractivity (Wildman–Crippen MR) is 114 cm³/mol. The maximum Gasteiger partial charge on any atom is 0.307 e. The number of rotatable bonds is 5. The predicted octanol–water partition coefficient (Wildman–Crippen LogP) is 4.18. The van der Waals surface area contributed by atoms with Crippen LogP contribution in [0.15, 0.2) is 77.7 Å². The fourth-order valence-corrected chi connectivity index (χ4v) is 5.46. The molecule has 0 radical (unpaired) electrons. The summed E-state index contributed by atoms with van der Waals surface area (Å²) in [6.07, 6.45) is -0.1000. The minimum absolute atomic E-state index is 0.1000. The van der Waals surface area contributed by atoms with Gasteiger partial charge < -0.3 is 9.47 Å². The van der Waals surface area contributed by atoms with Crippen LogP contribution in [0, 0.1) is 0 Å². The number of benzene rings is 3. The first-order chi connectivity index (χ1) is 14.5. The molecule has 3 aromatic rings. The Morgan fingerprint density at radius 1 is 0.900 bits per heavy atom. The quantitative estimate of drug-likeness (QED) is 0.576. The van der Waals surface area contributed by atoms with Crippen molar-refractivity contribution in [2.24, 2.45) is 0 Å². The van der Waals surface area contributed by atoms with Crippen LogP contribution in [0.4, 0.5) is 5.69 Å². The van der Waals surface area contributed by atoms with Gasteiger partial charge in [-0.15, -0.1) is 0 Å². The molecule has 1 atom stereocenters. The van der Waals surface area contributed by atoms with E-state index in [-0.39, 0.29) is 11.3 Å². The first-order valence-corrected chi connectivity index (χ1v) is 10.8. The lowest BCUT2D eigenvalue weighted by atomic mass is 9.88. The van der Waals surface area contributed by atoms with E-state index < -0.39 is 22.0 Å². The van der Waals surface area contributed by atoms with Gasteiger partial charge in [0.2, 0.25) is 0 Å². The average molecular weight is 423 g/mol. The first kappa shape index (κ1) is 20.0. The summed E-state index contributed by atoms with van der Waals surface area (Å²) in [5.41, 5.74) is 2.99. The van der Waals surface area contributed by atoms with Crippen molar-refractivity contribution in [2.75, 3.05) is 18.5 Å². The highest BCUT2D eigenvalue weighted by molar-refractivity contribution is 7.92. The van der Waals surface area contributed by atoms with E-state index in [4.69, 9.17) is 9.47 Å². The molecule has 0 saturated carbocycles. The van der Waals surface area contributed by atoms with Crippen LogP contribution in [0.1, 0.15) is 18.0 Å². The Hall–Kier alpha value is -3.32. The lowest BCUT2D eigenvalue weighted by Crippen LogP contribution is -2.38. The third kappa shape index (κ3) is 3.31. The van der Waals surface area contributed by atoms with Crippen molar-refractivity contribution < 1.29 is 22.7 Å². The summed E-state index contributed by atoms with van der Waals surface area (Å²) in [5, 5.41) is 0. The van der Waals surface area contributed by atoms with Crippen LogP contribution in [0.3, 0.4) is 0 Å². The summed E-state index contributed by atoms with van der Waals surface area (Å²) >= 11 is 0. The third-order valence-electron chi connectivity index (χ3n) is 5.24. The zero-order valence-corrected chi connectivity index (χ0v) is 17.4. The standard InChI is InChI=1S/C23H21NO5S/c1-28-16-11-13-17(14-12-16)30(26,27)24-21-10-6-5-8-19(21)18-7-3-4-9-20(18)22(24)15-23(25)29-2/h3-14,22H,15H2,1-2H3. The molecule has 0 saturated heterocycles. The average Bonchev–Trinajstić information content (AvgIpc) is 2.79. The van der Waals surface area contributed by atoms with E-state index in [1.54, 1.807) is 24.3 Å². The van der Waals surface area contributed by atoms with Crippen molar-refractivity contribution in [2.45, 2.75) is 17.4 Å². The first-order valence-electron chi connectivity index (χ1n) is 9.41. The number of para-hydroxylation sites is 1. The minimum atomic E-state index is -3.98. The number of sulfonamides is 1. The molecule has 3 aromatic carbocycles. The number of hydrogen-bond acceptors (Lipinski definition) is 5. The van der Waals surface area contributed by atoms with Gasteiger partial charge in [-0.25, -0.2) is 8.42 Å². The molecular formula is C23H21NO5S. The van der Waals surface area contributed by atoms with Gasteiger partial charge in [0.25, 0.3) is 10.0 Å². The summed E-state index contributed by atoms with van der Waals surface area (Å²) in [6, 6.07) is 20.3. The Kier molecular flexibility index (Phi) is 5.22.